The Kier molecular flexibility index (Phi) is 5.48. The fourth-order valence-electron chi connectivity index (χ4n) is 1.78. The van der Waals surface area contributed by atoms with Gasteiger partial charge in [-0.15, -0.1) is 0 Å². The van der Waals surface area contributed by atoms with Crippen molar-refractivity contribution in [1.29, 1.82) is 0 Å². The molecule has 18 heavy (non-hydrogen) atoms. The van der Waals surface area contributed by atoms with Crippen molar-refractivity contribution in [3.05, 3.63) is 23.8 Å². The lowest BCUT2D eigenvalue weighted by molar-refractivity contribution is 0.347. The van der Waals surface area contributed by atoms with E-state index in [4.69, 9.17) is 9.47 Å². The van der Waals surface area contributed by atoms with Gasteiger partial charge in [0.1, 0.15) is 0 Å². The molecule has 3 nitrogen and oxygen atoms in total. The van der Waals surface area contributed by atoms with Crippen molar-refractivity contribution in [2.75, 3.05) is 20.8 Å². The number of methoxy groups -OCH3 is 2. The summed E-state index contributed by atoms with van der Waals surface area (Å²) in [5.41, 5.74) is 1.50. The number of benzene rings is 1. The van der Waals surface area contributed by atoms with E-state index in [-0.39, 0.29) is 0 Å². The summed E-state index contributed by atoms with van der Waals surface area (Å²) in [6, 6.07) is 5.96. The van der Waals surface area contributed by atoms with Crippen LogP contribution >= 0.6 is 0 Å². The molecule has 1 N–H and O–H groups in total. The molecule has 0 amide bonds. The Labute approximate surface area is 110 Å². The van der Waals surface area contributed by atoms with Crippen LogP contribution in [-0.2, 0) is 6.54 Å². The molecule has 0 aliphatic heterocycles. The van der Waals surface area contributed by atoms with Gasteiger partial charge in [-0.25, -0.2) is 0 Å². The third kappa shape index (κ3) is 4.57. The second kappa shape index (κ2) is 6.64. The zero-order chi connectivity index (χ0) is 13.6. The highest BCUT2D eigenvalue weighted by atomic mass is 16.5. The fourth-order valence-corrected chi connectivity index (χ4v) is 1.78. The van der Waals surface area contributed by atoms with E-state index in [1.165, 1.54) is 0 Å². The molecule has 102 valence electrons. The van der Waals surface area contributed by atoms with Crippen molar-refractivity contribution in [1.82, 2.24) is 5.32 Å². The molecule has 0 unspecified atom stereocenters. The van der Waals surface area contributed by atoms with E-state index in [1.54, 1.807) is 14.2 Å². The van der Waals surface area contributed by atoms with E-state index in [2.05, 4.69) is 32.2 Å². The van der Waals surface area contributed by atoms with Gasteiger partial charge in [0.25, 0.3) is 0 Å². The zero-order valence-electron chi connectivity index (χ0n) is 12.2. The molecule has 0 aliphatic rings. The second-order valence-corrected chi connectivity index (χ2v) is 5.64. The van der Waals surface area contributed by atoms with Gasteiger partial charge in [0.2, 0.25) is 0 Å². The molecule has 0 atom stereocenters. The van der Waals surface area contributed by atoms with Gasteiger partial charge < -0.3 is 14.8 Å². The first-order valence-electron chi connectivity index (χ1n) is 6.38. The SMILES string of the molecule is COc1cccc(CNCCC(C)(C)C)c1OC. The van der Waals surface area contributed by atoms with Gasteiger partial charge in [0.05, 0.1) is 14.2 Å². The Bertz CT molecular complexity index is 369. The van der Waals surface area contributed by atoms with Gasteiger partial charge in [-0.2, -0.15) is 0 Å². The van der Waals surface area contributed by atoms with Crippen LogP contribution in [0.25, 0.3) is 0 Å². The largest absolute Gasteiger partial charge is 0.493 e. The van der Waals surface area contributed by atoms with Crippen LogP contribution in [0.3, 0.4) is 0 Å². The number of ether oxygens (including phenoxy) is 2. The first kappa shape index (κ1) is 14.8. The van der Waals surface area contributed by atoms with Gasteiger partial charge in [0.15, 0.2) is 11.5 Å². The number of nitrogens with one attached hydrogen (secondary N) is 1. The number of hydrogen-bond donors (Lipinski definition) is 1. The molecule has 1 aromatic rings. The number of para-hydroxylation sites is 1. The first-order valence-corrected chi connectivity index (χ1v) is 6.38. The summed E-state index contributed by atoms with van der Waals surface area (Å²) >= 11 is 0. The molecule has 0 fully saturated rings. The Morgan fingerprint density at radius 3 is 2.39 bits per heavy atom. The lowest BCUT2D eigenvalue weighted by Gasteiger charge is -2.18. The molecule has 1 aromatic carbocycles. The van der Waals surface area contributed by atoms with Crippen LogP contribution in [0.2, 0.25) is 0 Å². The Balaban J connectivity index is 2.57. The van der Waals surface area contributed by atoms with Gasteiger partial charge in [-0.1, -0.05) is 32.9 Å². The molecule has 0 saturated heterocycles. The molecule has 0 radical (unpaired) electrons. The number of hydrogen-bond acceptors (Lipinski definition) is 3. The van der Waals surface area contributed by atoms with Crippen LogP contribution in [0.15, 0.2) is 18.2 Å². The molecule has 0 spiro atoms. The van der Waals surface area contributed by atoms with Crippen molar-refractivity contribution in [2.45, 2.75) is 33.7 Å². The summed E-state index contributed by atoms with van der Waals surface area (Å²) < 4.78 is 10.7. The fraction of sp³-hybridized carbons (Fsp3) is 0.600. The third-order valence-electron chi connectivity index (χ3n) is 2.85. The molecule has 1 rings (SSSR count). The minimum absolute atomic E-state index is 0.367. The summed E-state index contributed by atoms with van der Waals surface area (Å²) in [5.74, 6) is 1.61. The standard InChI is InChI=1S/C15H25NO2/c1-15(2,3)9-10-16-11-12-7-6-8-13(17-4)14(12)18-5/h6-8,16H,9-11H2,1-5H3. The molecule has 0 aromatic heterocycles. The number of rotatable bonds is 6. The van der Waals surface area contributed by atoms with Crippen molar-refractivity contribution in [3.63, 3.8) is 0 Å². The van der Waals surface area contributed by atoms with E-state index < -0.39 is 0 Å². The summed E-state index contributed by atoms with van der Waals surface area (Å²) in [6.07, 6.45) is 1.15. The second-order valence-electron chi connectivity index (χ2n) is 5.64. The zero-order valence-corrected chi connectivity index (χ0v) is 12.2. The predicted molar refractivity (Wildman–Crippen MR) is 75.3 cm³/mol. The summed E-state index contributed by atoms with van der Waals surface area (Å²) in [6.45, 7) is 8.56. The maximum absolute atomic E-state index is 5.40. The molecular formula is C15H25NO2. The maximum atomic E-state index is 5.40. The lowest BCUT2D eigenvalue weighted by atomic mass is 9.92. The first-order chi connectivity index (χ1) is 8.48. The monoisotopic (exact) mass is 251 g/mol. The van der Waals surface area contributed by atoms with Crippen molar-refractivity contribution < 1.29 is 9.47 Å². The highest BCUT2D eigenvalue weighted by Gasteiger charge is 2.11. The molecule has 3 heteroatoms. The van der Waals surface area contributed by atoms with Gasteiger partial charge >= 0.3 is 0 Å². The lowest BCUT2D eigenvalue weighted by Crippen LogP contribution is -2.20. The van der Waals surface area contributed by atoms with Gasteiger partial charge in [0, 0.05) is 12.1 Å². The van der Waals surface area contributed by atoms with E-state index in [0.29, 0.717) is 5.41 Å². The normalized spacial score (nSPS) is 11.4. The van der Waals surface area contributed by atoms with Crippen LogP contribution in [-0.4, -0.2) is 20.8 Å². The highest BCUT2D eigenvalue weighted by molar-refractivity contribution is 5.46. The Morgan fingerprint density at radius 2 is 1.83 bits per heavy atom. The smallest absolute Gasteiger partial charge is 0.165 e. The van der Waals surface area contributed by atoms with Crippen molar-refractivity contribution in [2.24, 2.45) is 5.41 Å². The van der Waals surface area contributed by atoms with Crippen LogP contribution < -0.4 is 14.8 Å². The highest BCUT2D eigenvalue weighted by Crippen LogP contribution is 2.30. The van der Waals surface area contributed by atoms with Crippen LogP contribution in [0.4, 0.5) is 0 Å². The van der Waals surface area contributed by atoms with E-state index in [9.17, 15) is 0 Å². The molecular weight excluding hydrogens is 226 g/mol. The maximum Gasteiger partial charge on any atom is 0.165 e. The Morgan fingerprint density at radius 1 is 1.11 bits per heavy atom. The Hall–Kier alpha value is -1.22. The average Bonchev–Trinajstić information content (AvgIpc) is 2.32. The average molecular weight is 251 g/mol. The topological polar surface area (TPSA) is 30.5 Å². The van der Waals surface area contributed by atoms with E-state index >= 15 is 0 Å². The summed E-state index contributed by atoms with van der Waals surface area (Å²) in [7, 11) is 3.34. The van der Waals surface area contributed by atoms with E-state index in [0.717, 1.165) is 36.6 Å². The van der Waals surface area contributed by atoms with Crippen molar-refractivity contribution >= 4 is 0 Å². The van der Waals surface area contributed by atoms with Crippen molar-refractivity contribution in [3.8, 4) is 11.5 Å². The van der Waals surface area contributed by atoms with E-state index in [1.807, 2.05) is 12.1 Å². The third-order valence-corrected chi connectivity index (χ3v) is 2.85. The molecule has 0 bridgehead atoms. The summed E-state index contributed by atoms with van der Waals surface area (Å²) in [4.78, 5) is 0. The van der Waals surface area contributed by atoms with Gasteiger partial charge in [-0.3, -0.25) is 0 Å². The van der Waals surface area contributed by atoms with Gasteiger partial charge in [-0.05, 0) is 24.4 Å². The minimum atomic E-state index is 0.367. The van der Waals surface area contributed by atoms with Crippen LogP contribution in [0, 0.1) is 5.41 Å². The quantitative estimate of drug-likeness (QED) is 0.787. The summed E-state index contributed by atoms with van der Waals surface area (Å²) in [5, 5.41) is 3.45. The van der Waals surface area contributed by atoms with Crippen LogP contribution in [0.5, 0.6) is 11.5 Å². The molecule has 0 heterocycles. The predicted octanol–water partition coefficient (Wildman–Crippen LogP) is 3.23. The van der Waals surface area contributed by atoms with Crippen LogP contribution in [0.1, 0.15) is 32.8 Å². The molecule has 0 aliphatic carbocycles. The minimum Gasteiger partial charge on any atom is -0.493 e. The molecule has 0 saturated carbocycles.